The molecule has 28 heavy (non-hydrogen) atoms. The van der Waals surface area contributed by atoms with Crippen LogP contribution in [-0.2, 0) is 4.79 Å². The SMILES string of the molecule is CC(C)CN1CCN(C(=O)/C=C/c2ccc(Oc3cccnc3)c(F)c2)CC1. The fraction of sp³-hybridized carbons (Fsp3) is 0.364. The average Bonchev–Trinajstić information content (AvgIpc) is 2.69. The Balaban J connectivity index is 1.55. The highest BCUT2D eigenvalue weighted by atomic mass is 19.1. The third-order valence-electron chi connectivity index (χ3n) is 4.54. The van der Waals surface area contributed by atoms with Gasteiger partial charge in [-0.15, -0.1) is 0 Å². The fourth-order valence-electron chi connectivity index (χ4n) is 3.18. The summed E-state index contributed by atoms with van der Waals surface area (Å²) >= 11 is 0. The zero-order valence-electron chi connectivity index (χ0n) is 16.3. The van der Waals surface area contributed by atoms with Crippen LogP contribution in [0.15, 0.2) is 48.8 Å². The molecule has 1 aliphatic rings. The summed E-state index contributed by atoms with van der Waals surface area (Å²) in [6.45, 7) is 8.70. The standard InChI is InChI=1S/C22H26FN3O2/c1-17(2)16-25-10-12-26(13-11-25)22(27)8-6-18-5-7-21(20(23)14-18)28-19-4-3-9-24-15-19/h3-9,14-15,17H,10-13,16H2,1-2H3/b8-6+. The van der Waals surface area contributed by atoms with Gasteiger partial charge in [-0.2, -0.15) is 0 Å². The van der Waals surface area contributed by atoms with Gasteiger partial charge in [-0.05, 0) is 41.8 Å². The van der Waals surface area contributed by atoms with Gasteiger partial charge in [-0.1, -0.05) is 19.9 Å². The van der Waals surface area contributed by atoms with E-state index in [9.17, 15) is 9.18 Å². The number of carbonyl (C=O) groups is 1. The first kappa shape index (κ1) is 20.0. The average molecular weight is 383 g/mol. The Morgan fingerprint density at radius 3 is 2.68 bits per heavy atom. The van der Waals surface area contributed by atoms with Crippen molar-refractivity contribution in [3.05, 3.63) is 60.2 Å². The lowest BCUT2D eigenvalue weighted by Gasteiger charge is -2.35. The molecule has 0 bridgehead atoms. The predicted octanol–water partition coefficient (Wildman–Crippen LogP) is 3.83. The molecule has 5 nitrogen and oxygen atoms in total. The molecule has 6 heteroatoms. The molecule has 1 aromatic carbocycles. The number of benzene rings is 1. The van der Waals surface area contributed by atoms with E-state index >= 15 is 0 Å². The molecule has 1 aromatic heterocycles. The summed E-state index contributed by atoms with van der Waals surface area (Å²) in [5.41, 5.74) is 0.614. The summed E-state index contributed by atoms with van der Waals surface area (Å²) in [5, 5.41) is 0. The molecule has 1 amide bonds. The number of halogens is 1. The van der Waals surface area contributed by atoms with Crippen LogP contribution in [0.25, 0.3) is 6.08 Å². The normalized spacial score (nSPS) is 15.4. The number of carbonyl (C=O) groups excluding carboxylic acids is 1. The summed E-state index contributed by atoms with van der Waals surface area (Å²) in [7, 11) is 0. The number of amides is 1. The number of piperazine rings is 1. The van der Waals surface area contributed by atoms with Crippen LogP contribution >= 0.6 is 0 Å². The molecule has 148 valence electrons. The van der Waals surface area contributed by atoms with Crippen LogP contribution < -0.4 is 4.74 Å². The van der Waals surface area contributed by atoms with Crippen molar-refractivity contribution in [1.29, 1.82) is 0 Å². The van der Waals surface area contributed by atoms with Gasteiger partial charge in [0.05, 0.1) is 6.20 Å². The van der Waals surface area contributed by atoms with E-state index in [0.29, 0.717) is 17.2 Å². The second kappa shape index (κ2) is 9.46. The zero-order valence-corrected chi connectivity index (χ0v) is 16.3. The molecule has 0 saturated carbocycles. The van der Waals surface area contributed by atoms with Crippen LogP contribution in [0, 0.1) is 11.7 Å². The van der Waals surface area contributed by atoms with Crippen molar-refractivity contribution in [1.82, 2.24) is 14.8 Å². The highest BCUT2D eigenvalue weighted by Gasteiger charge is 2.19. The van der Waals surface area contributed by atoms with Gasteiger partial charge >= 0.3 is 0 Å². The van der Waals surface area contributed by atoms with Crippen molar-refractivity contribution in [2.75, 3.05) is 32.7 Å². The number of hydrogen-bond donors (Lipinski definition) is 0. The molecular weight excluding hydrogens is 357 g/mol. The second-order valence-corrected chi connectivity index (χ2v) is 7.33. The number of ether oxygens (including phenoxy) is 1. The van der Waals surface area contributed by atoms with E-state index in [0.717, 1.165) is 32.7 Å². The maximum Gasteiger partial charge on any atom is 0.246 e. The number of aromatic nitrogens is 1. The van der Waals surface area contributed by atoms with Crippen molar-refractivity contribution in [3.8, 4) is 11.5 Å². The Bertz CT molecular complexity index is 816. The number of pyridine rings is 1. The van der Waals surface area contributed by atoms with Crippen molar-refractivity contribution in [2.24, 2.45) is 5.92 Å². The van der Waals surface area contributed by atoms with Gasteiger partial charge in [-0.25, -0.2) is 4.39 Å². The molecule has 0 unspecified atom stereocenters. The maximum absolute atomic E-state index is 14.3. The summed E-state index contributed by atoms with van der Waals surface area (Å²) in [5.74, 6) is 0.692. The van der Waals surface area contributed by atoms with E-state index in [2.05, 4.69) is 23.7 Å². The summed E-state index contributed by atoms with van der Waals surface area (Å²) in [4.78, 5) is 20.5. The lowest BCUT2D eigenvalue weighted by molar-refractivity contribution is -0.127. The summed E-state index contributed by atoms with van der Waals surface area (Å²) < 4.78 is 19.8. The largest absolute Gasteiger partial charge is 0.453 e. The number of nitrogens with zero attached hydrogens (tertiary/aromatic N) is 3. The molecule has 0 atom stereocenters. The molecule has 2 heterocycles. The highest BCUT2D eigenvalue weighted by Crippen LogP contribution is 2.24. The Morgan fingerprint density at radius 2 is 2.04 bits per heavy atom. The smallest absolute Gasteiger partial charge is 0.246 e. The van der Waals surface area contributed by atoms with Gasteiger partial charge in [0.1, 0.15) is 5.75 Å². The first-order valence-corrected chi connectivity index (χ1v) is 9.58. The van der Waals surface area contributed by atoms with E-state index in [1.807, 2.05) is 4.90 Å². The van der Waals surface area contributed by atoms with Crippen molar-refractivity contribution >= 4 is 12.0 Å². The van der Waals surface area contributed by atoms with Crippen LogP contribution in [0.1, 0.15) is 19.4 Å². The zero-order chi connectivity index (χ0) is 19.9. The Morgan fingerprint density at radius 1 is 1.25 bits per heavy atom. The molecule has 1 saturated heterocycles. The highest BCUT2D eigenvalue weighted by molar-refractivity contribution is 5.91. The minimum absolute atomic E-state index is 0.0414. The van der Waals surface area contributed by atoms with E-state index in [1.165, 1.54) is 18.3 Å². The van der Waals surface area contributed by atoms with Gasteiger partial charge in [0.15, 0.2) is 11.6 Å². The van der Waals surface area contributed by atoms with Gasteiger partial charge in [0.25, 0.3) is 0 Å². The van der Waals surface area contributed by atoms with Gasteiger partial charge < -0.3 is 9.64 Å². The third kappa shape index (κ3) is 5.63. The quantitative estimate of drug-likeness (QED) is 0.712. The lowest BCUT2D eigenvalue weighted by atomic mass is 10.1. The number of hydrogen-bond acceptors (Lipinski definition) is 4. The Kier molecular flexibility index (Phi) is 6.76. The minimum Gasteiger partial charge on any atom is -0.453 e. The van der Waals surface area contributed by atoms with Gasteiger partial charge in [0.2, 0.25) is 5.91 Å². The molecule has 3 rings (SSSR count). The molecular formula is C22H26FN3O2. The van der Waals surface area contributed by atoms with Crippen LogP contribution in [0.2, 0.25) is 0 Å². The van der Waals surface area contributed by atoms with E-state index in [1.54, 1.807) is 36.5 Å². The summed E-state index contributed by atoms with van der Waals surface area (Å²) in [6.07, 6.45) is 6.29. The molecule has 0 N–H and O–H groups in total. The molecule has 0 radical (unpaired) electrons. The fourth-order valence-corrected chi connectivity index (χ4v) is 3.18. The molecule has 1 aliphatic heterocycles. The Hall–Kier alpha value is -2.73. The minimum atomic E-state index is -0.485. The lowest BCUT2D eigenvalue weighted by Crippen LogP contribution is -2.49. The maximum atomic E-state index is 14.3. The second-order valence-electron chi connectivity index (χ2n) is 7.33. The third-order valence-corrected chi connectivity index (χ3v) is 4.54. The first-order chi connectivity index (χ1) is 13.5. The van der Waals surface area contributed by atoms with E-state index < -0.39 is 5.82 Å². The van der Waals surface area contributed by atoms with Crippen molar-refractivity contribution in [2.45, 2.75) is 13.8 Å². The van der Waals surface area contributed by atoms with Crippen molar-refractivity contribution < 1.29 is 13.9 Å². The van der Waals surface area contributed by atoms with Crippen LogP contribution in [0.4, 0.5) is 4.39 Å². The van der Waals surface area contributed by atoms with Gasteiger partial charge in [-0.3, -0.25) is 14.7 Å². The van der Waals surface area contributed by atoms with E-state index in [4.69, 9.17) is 4.74 Å². The molecule has 0 spiro atoms. The van der Waals surface area contributed by atoms with Crippen LogP contribution in [0.5, 0.6) is 11.5 Å². The van der Waals surface area contributed by atoms with Gasteiger partial charge in [0, 0.05) is 45.0 Å². The van der Waals surface area contributed by atoms with E-state index in [-0.39, 0.29) is 11.7 Å². The molecule has 0 aliphatic carbocycles. The van der Waals surface area contributed by atoms with Crippen LogP contribution in [0.3, 0.4) is 0 Å². The Labute approximate surface area is 165 Å². The predicted molar refractivity (Wildman–Crippen MR) is 108 cm³/mol. The topological polar surface area (TPSA) is 45.7 Å². The summed E-state index contributed by atoms with van der Waals surface area (Å²) in [6, 6.07) is 8.06. The van der Waals surface area contributed by atoms with Crippen molar-refractivity contribution in [3.63, 3.8) is 0 Å². The first-order valence-electron chi connectivity index (χ1n) is 9.58. The number of rotatable bonds is 6. The van der Waals surface area contributed by atoms with Crippen LogP contribution in [-0.4, -0.2) is 53.4 Å². The molecule has 1 fully saturated rings. The monoisotopic (exact) mass is 383 g/mol. The molecule has 2 aromatic rings.